The van der Waals surface area contributed by atoms with Crippen molar-refractivity contribution in [2.45, 2.75) is 33.6 Å². The molecule has 2 N–H and O–H groups in total. The predicted molar refractivity (Wildman–Crippen MR) is 66.4 cm³/mol. The molecule has 0 aliphatic carbocycles. The van der Waals surface area contributed by atoms with Gasteiger partial charge in [0.1, 0.15) is 0 Å². The van der Waals surface area contributed by atoms with Gasteiger partial charge in [-0.15, -0.1) is 0 Å². The van der Waals surface area contributed by atoms with Crippen molar-refractivity contribution in [2.24, 2.45) is 5.92 Å². The summed E-state index contributed by atoms with van der Waals surface area (Å²) in [5, 5.41) is 6.11. The van der Waals surface area contributed by atoms with E-state index in [-0.39, 0.29) is 5.91 Å². The number of nitrogens with one attached hydrogen (secondary N) is 2. The Morgan fingerprint density at radius 1 is 1.31 bits per heavy atom. The zero-order chi connectivity index (χ0) is 12.2. The van der Waals surface area contributed by atoms with Crippen LogP contribution in [0.1, 0.15) is 33.6 Å². The summed E-state index contributed by atoms with van der Waals surface area (Å²) < 4.78 is 5.21. The first-order valence-electron chi connectivity index (χ1n) is 6.22. The van der Waals surface area contributed by atoms with Gasteiger partial charge in [0.05, 0.1) is 0 Å². The Hall–Kier alpha value is -0.610. The van der Waals surface area contributed by atoms with Crippen LogP contribution in [0.15, 0.2) is 0 Å². The lowest BCUT2D eigenvalue weighted by Gasteiger charge is -2.08. The Balaban J connectivity index is 3.15. The largest absolute Gasteiger partial charge is 0.382 e. The minimum absolute atomic E-state index is 0.131. The molecule has 0 aliphatic heterocycles. The average Bonchev–Trinajstić information content (AvgIpc) is 2.25. The van der Waals surface area contributed by atoms with Crippen molar-refractivity contribution in [1.29, 1.82) is 0 Å². The molecule has 0 rings (SSSR count). The summed E-state index contributed by atoms with van der Waals surface area (Å²) >= 11 is 0. The minimum atomic E-state index is 0.131. The van der Waals surface area contributed by atoms with E-state index in [0.29, 0.717) is 12.3 Å². The van der Waals surface area contributed by atoms with E-state index in [2.05, 4.69) is 24.5 Å². The number of hydrogen-bond donors (Lipinski definition) is 2. The minimum Gasteiger partial charge on any atom is -0.382 e. The van der Waals surface area contributed by atoms with Gasteiger partial charge in [-0.2, -0.15) is 0 Å². The van der Waals surface area contributed by atoms with Gasteiger partial charge in [-0.3, -0.25) is 4.79 Å². The van der Waals surface area contributed by atoms with E-state index in [1.807, 2.05) is 6.92 Å². The molecule has 0 bridgehead atoms. The highest BCUT2D eigenvalue weighted by Gasteiger charge is 2.01. The number of carbonyl (C=O) groups excluding carboxylic acids is 1. The first kappa shape index (κ1) is 15.4. The van der Waals surface area contributed by atoms with Gasteiger partial charge in [0, 0.05) is 32.7 Å². The van der Waals surface area contributed by atoms with Crippen molar-refractivity contribution in [3.05, 3.63) is 0 Å². The van der Waals surface area contributed by atoms with Crippen molar-refractivity contribution in [2.75, 3.05) is 32.8 Å². The third kappa shape index (κ3) is 11.5. The molecule has 0 aromatic rings. The number of amides is 1. The maximum Gasteiger partial charge on any atom is 0.221 e. The van der Waals surface area contributed by atoms with Crippen LogP contribution in [-0.2, 0) is 9.53 Å². The molecule has 4 nitrogen and oxygen atoms in total. The monoisotopic (exact) mass is 230 g/mol. The molecule has 0 aliphatic rings. The van der Waals surface area contributed by atoms with Crippen LogP contribution in [0.3, 0.4) is 0 Å². The summed E-state index contributed by atoms with van der Waals surface area (Å²) in [6.07, 6.45) is 1.56. The molecule has 0 aromatic heterocycles. The van der Waals surface area contributed by atoms with Crippen LogP contribution in [0.5, 0.6) is 0 Å². The highest BCUT2D eigenvalue weighted by Crippen LogP contribution is 1.88. The van der Waals surface area contributed by atoms with Gasteiger partial charge in [-0.25, -0.2) is 0 Å². The Morgan fingerprint density at radius 2 is 2.06 bits per heavy atom. The second-order valence-electron chi connectivity index (χ2n) is 4.25. The SMILES string of the molecule is CCOCCCNCCC(=O)NCC(C)C. The van der Waals surface area contributed by atoms with Gasteiger partial charge in [0.25, 0.3) is 0 Å². The van der Waals surface area contributed by atoms with E-state index < -0.39 is 0 Å². The first-order valence-corrected chi connectivity index (χ1v) is 6.22. The smallest absolute Gasteiger partial charge is 0.221 e. The zero-order valence-corrected chi connectivity index (χ0v) is 10.8. The van der Waals surface area contributed by atoms with Crippen LogP contribution in [0.4, 0.5) is 0 Å². The number of rotatable bonds is 10. The molecule has 0 atom stereocenters. The van der Waals surface area contributed by atoms with Gasteiger partial charge in [-0.05, 0) is 25.8 Å². The molecule has 0 heterocycles. The summed E-state index contributed by atoms with van der Waals surface area (Å²) in [5.74, 6) is 0.647. The highest BCUT2D eigenvalue weighted by molar-refractivity contribution is 5.76. The lowest BCUT2D eigenvalue weighted by Crippen LogP contribution is -2.30. The molecule has 96 valence electrons. The Labute approximate surface area is 99.1 Å². The van der Waals surface area contributed by atoms with Crippen molar-refractivity contribution >= 4 is 5.91 Å². The maximum atomic E-state index is 11.3. The fourth-order valence-electron chi connectivity index (χ4n) is 1.18. The topological polar surface area (TPSA) is 50.4 Å². The lowest BCUT2D eigenvalue weighted by atomic mass is 10.2. The molecule has 0 aromatic carbocycles. The van der Waals surface area contributed by atoms with E-state index in [1.165, 1.54) is 0 Å². The summed E-state index contributed by atoms with van der Waals surface area (Å²) in [5.41, 5.74) is 0. The van der Waals surface area contributed by atoms with E-state index in [1.54, 1.807) is 0 Å². The summed E-state index contributed by atoms with van der Waals surface area (Å²) in [7, 11) is 0. The highest BCUT2D eigenvalue weighted by atomic mass is 16.5. The third-order valence-electron chi connectivity index (χ3n) is 2.08. The van der Waals surface area contributed by atoms with Gasteiger partial charge in [0.15, 0.2) is 0 Å². The number of hydrogen-bond acceptors (Lipinski definition) is 3. The lowest BCUT2D eigenvalue weighted by molar-refractivity contribution is -0.121. The van der Waals surface area contributed by atoms with Gasteiger partial charge < -0.3 is 15.4 Å². The molecular formula is C12H26N2O2. The van der Waals surface area contributed by atoms with Gasteiger partial charge in [-0.1, -0.05) is 13.8 Å². The van der Waals surface area contributed by atoms with Gasteiger partial charge >= 0.3 is 0 Å². The standard InChI is InChI=1S/C12H26N2O2/c1-4-16-9-5-7-13-8-6-12(15)14-10-11(2)3/h11,13H,4-10H2,1-3H3,(H,14,15). The van der Waals surface area contributed by atoms with Crippen molar-refractivity contribution in [1.82, 2.24) is 10.6 Å². The number of ether oxygens (including phenoxy) is 1. The molecule has 0 fully saturated rings. The van der Waals surface area contributed by atoms with E-state index >= 15 is 0 Å². The van der Waals surface area contributed by atoms with E-state index in [9.17, 15) is 4.79 Å². The Kier molecular flexibility index (Phi) is 10.5. The quantitative estimate of drug-likeness (QED) is 0.554. The van der Waals surface area contributed by atoms with Crippen LogP contribution >= 0.6 is 0 Å². The fraction of sp³-hybridized carbons (Fsp3) is 0.917. The van der Waals surface area contributed by atoms with Crippen LogP contribution in [-0.4, -0.2) is 38.8 Å². The summed E-state index contributed by atoms with van der Waals surface area (Å²) in [4.78, 5) is 11.3. The normalized spacial score (nSPS) is 10.8. The van der Waals surface area contributed by atoms with Crippen molar-refractivity contribution in [3.8, 4) is 0 Å². The molecule has 0 saturated carbocycles. The molecule has 1 amide bonds. The predicted octanol–water partition coefficient (Wildman–Crippen LogP) is 1.16. The van der Waals surface area contributed by atoms with E-state index in [0.717, 1.165) is 39.3 Å². The molecule has 16 heavy (non-hydrogen) atoms. The second-order valence-corrected chi connectivity index (χ2v) is 4.25. The second kappa shape index (κ2) is 10.9. The van der Waals surface area contributed by atoms with Gasteiger partial charge in [0.2, 0.25) is 5.91 Å². The Bertz CT molecular complexity index is 172. The maximum absolute atomic E-state index is 11.3. The summed E-state index contributed by atoms with van der Waals surface area (Å²) in [6, 6.07) is 0. The molecule has 4 heteroatoms. The average molecular weight is 230 g/mol. The zero-order valence-electron chi connectivity index (χ0n) is 10.8. The molecule has 0 unspecified atom stereocenters. The molecule has 0 saturated heterocycles. The fourth-order valence-corrected chi connectivity index (χ4v) is 1.18. The van der Waals surface area contributed by atoms with Crippen molar-refractivity contribution in [3.63, 3.8) is 0 Å². The number of carbonyl (C=O) groups is 1. The Morgan fingerprint density at radius 3 is 2.69 bits per heavy atom. The first-order chi connectivity index (χ1) is 7.66. The van der Waals surface area contributed by atoms with Crippen molar-refractivity contribution < 1.29 is 9.53 Å². The molecule has 0 radical (unpaired) electrons. The van der Waals surface area contributed by atoms with Crippen LogP contribution in [0.2, 0.25) is 0 Å². The van der Waals surface area contributed by atoms with E-state index in [4.69, 9.17) is 4.74 Å². The molecule has 0 spiro atoms. The molecular weight excluding hydrogens is 204 g/mol. The van der Waals surface area contributed by atoms with Crippen LogP contribution < -0.4 is 10.6 Å². The van der Waals surface area contributed by atoms with Crippen LogP contribution in [0, 0.1) is 5.92 Å². The third-order valence-corrected chi connectivity index (χ3v) is 2.08. The summed E-state index contributed by atoms with van der Waals surface area (Å²) in [6.45, 7) is 10.2. The van der Waals surface area contributed by atoms with Crippen LogP contribution in [0.25, 0.3) is 0 Å².